The number of carbonyl (C=O) groups excluding carboxylic acids is 4. The Morgan fingerprint density at radius 2 is 1.81 bits per heavy atom. The molecule has 1 aromatic heterocycles. The monoisotopic (exact) mass is 358 g/mol. The van der Waals surface area contributed by atoms with Crippen LogP contribution in [0.1, 0.15) is 45.1 Å². The van der Waals surface area contributed by atoms with E-state index in [1.165, 1.54) is 31.3 Å². The van der Waals surface area contributed by atoms with Crippen molar-refractivity contribution >= 4 is 29.3 Å². The number of para-hydroxylation sites is 1. The highest BCUT2D eigenvalue weighted by atomic mass is 16.5. The third-order valence-corrected chi connectivity index (χ3v) is 3.34. The van der Waals surface area contributed by atoms with E-state index >= 15 is 0 Å². The van der Waals surface area contributed by atoms with Gasteiger partial charge in [0.1, 0.15) is 5.69 Å². The summed E-state index contributed by atoms with van der Waals surface area (Å²) >= 11 is 0. The third kappa shape index (κ3) is 4.79. The Morgan fingerprint density at radius 3 is 2.46 bits per heavy atom. The minimum absolute atomic E-state index is 0.0647. The second-order valence-corrected chi connectivity index (χ2v) is 5.25. The van der Waals surface area contributed by atoms with Gasteiger partial charge >= 0.3 is 11.9 Å². The van der Waals surface area contributed by atoms with Crippen LogP contribution in [0.25, 0.3) is 0 Å². The molecule has 0 atom stereocenters. The summed E-state index contributed by atoms with van der Waals surface area (Å²) in [5.41, 5.74) is 0.856. The first-order valence-electron chi connectivity index (χ1n) is 7.84. The fraction of sp³-hybridized carbons (Fsp3) is 0.222. The van der Waals surface area contributed by atoms with Gasteiger partial charge in [-0.3, -0.25) is 9.59 Å². The van der Waals surface area contributed by atoms with E-state index in [1.807, 2.05) is 0 Å². The van der Waals surface area contributed by atoms with Crippen LogP contribution >= 0.6 is 0 Å². The van der Waals surface area contributed by atoms with Gasteiger partial charge in [0.2, 0.25) is 0 Å². The number of ketones is 1. The minimum Gasteiger partial charge on any atom is -0.462 e. The predicted molar refractivity (Wildman–Crippen MR) is 92.1 cm³/mol. The molecule has 0 aliphatic heterocycles. The van der Waals surface area contributed by atoms with Gasteiger partial charge in [-0.2, -0.15) is 0 Å². The van der Waals surface area contributed by atoms with Gasteiger partial charge in [-0.25, -0.2) is 9.59 Å². The zero-order valence-electron chi connectivity index (χ0n) is 14.3. The maximum absolute atomic E-state index is 12.0. The van der Waals surface area contributed by atoms with E-state index < -0.39 is 24.5 Å². The van der Waals surface area contributed by atoms with Crippen molar-refractivity contribution in [2.24, 2.45) is 0 Å². The van der Waals surface area contributed by atoms with Gasteiger partial charge < -0.3 is 19.8 Å². The van der Waals surface area contributed by atoms with Gasteiger partial charge in [0.15, 0.2) is 12.4 Å². The van der Waals surface area contributed by atoms with Crippen molar-refractivity contribution < 1.29 is 28.7 Å². The molecule has 0 radical (unpaired) electrons. The number of aromatic nitrogens is 1. The molecule has 0 aliphatic carbocycles. The SMILES string of the molecule is CCOC(=O)c1ccccc1NC(=O)COC(=O)c1cc(C(C)=O)c[nH]1. The molecule has 2 aromatic rings. The highest BCUT2D eigenvalue weighted by molar-refractivity contribution is 6.02. The van der Waals surface area contributed by atoms with Crippen LogP contribution in [-0.2, 0) is 14.3 Å². The molecule has 8 nitrogen and oxygen atoms in total. The Labute approximate surface area is 149 Å². The van der Waals surface area contributed by atoms with Crippen molar-refractivity contribution in [1.82, 2.24) is 4.98 Å². The van der Waals surface area contributed by atoms with Crippen molar-refractivity contribution in [3.05, 3.63) is 53.3 Å². The van der Waals surface area contributed by atoms with Gasteiger partial charge in [-0.05, 0) is 32.0 Å². The number of hydrogen-bond acceptors (Lipinski definition) is 6. The molecular formula is C18H18N2O6. The smallest absolute Gasteiger partial charge is 0.355 e. The fourth-order valence-electron chi connectivity index (χ4n) is 2.09. The molecule has 26 heavy (non-hydrogen) atoms. The predicted octanol–water partition coefficient (Wildman–Crippen LogP) is 2.19. The number of amides is 1. The Hall–Kier alpha value is -3.42. The number of aromatic amines is 1. The van der Waals surface area contributed by atoms with E-state index in [2.05, 4.69) is 10.3 Å². The number of anilines is 1. The summed E-state index contributed by atoms with van der Waals surface area (Å²) in [6, 6.07) is 7.68. The Morgan fingerprint density at radius 1 is 1.08 bits per heavy atom. The number of H-pyrrole nitrogens is 1. The molecule has 2 N–H and O–H groups in total. The van der Waals surface area contributed by atoms with E-state index in [1.54, 1.807) is 19.1 Å². The molecule has 8 heteroatoms. The topological polar surface area (TPSA) is 115 Å². The normalized spacial score (nSPS) is 10.1. The molecule has 1 amide bonds. The average Bonchev–Trinajstić information content (AvgIpc) is 3.11. The molecule has 0 saturated heterocycles. The second-order valence-electron chi connectivity index (χ2n) is 5.25. The standard InChI is InChI=1S/C18H18N2O6/c1-3-25-17(23)13-6-4-5-7-14(13)20-16(22)10-26-18(24)15-8-12(9-19-15)11(2)21/h4-9,19H,3,10H2,1-2H3,(H,20,22). The van der Waals surface area contributed by atoms with Gasteiger partial charge in [0.25, 0.3) is 5.91 Å². The van der Waals surface area contributed by atoms with Crippen molar-refractivity contribution in [3.63, 3.8) is 0 Å². The molecule has 0 aliphatic rings. The summed E-state index contributed by atoms with van der Waals surface area (Å²) in [6.45, 7) is 2.70. The Balaban J connectivity index is 1.95. The summed E-state index contributed by atoms with van der Waals surface area (Å²) in [5, 5.41) is 2.50. The zero-order chi connectivity index (χ0) is 19.1. The summed E-state index contributed by atoms with van der Waals surface area (Å²) < 4.78 is 9.81. The number of benzene rings is 1. The van der Waals surface area contributed by atoms with Crippen LogP contribution in [0, 0.1) is 0 Å². The van der Waals surface area contributed by atoms with Crippen molar-refractivity contribution in [2.45, 2.75) is 13.8 Å². The highest BCUT2D eigenvalue weighted by Crippen LogP contribution is 2.16. The number of nitrogens with one attached hydrogen (secondary N) is 2. The first-order valence-corrected chi connectivity index (χ1v) is 7.84. The molecule has 2 rings (SSSR count). The number of Topliss-reactive ketones (excluding diaryl/α,β-unsaturated/α-hetero) is 1. The summed E-state index contributed by atoms with van der Waals surface area (Å²) in [4.78, 5) is 49.6. The summed E-state index contributed by atoms with van der Waals surface area (Å²) in [7, 11) is 0. The molecule has 0 unspecified atom stereocenters. The first kappa shape index (κ1) is 18.9. The lowest BCUT2D eigenvalue weighted by Crippen LogP contribution is -2.22. The molecule has 1 aromatic carbocycles. The summed E-state index contributed by atoms with van der Waals surface area (Å²) in [6.07, 6.45) is 1.38. The van der Waals surface area contributed by atoms with Gasteiger partial charge in [-0.1, -0.05) is 12.1 Å². The molecule has 136 valence electrons. The van der Waals surface area contributed by atoms with Crippen LogP contribution in [0.15, 0.2) is 36.5 Å². The van der Waals surface area contributed by atoms with E-state index in [9.17, 15) is 19.2 Å². The van der Waals surface area contributed by atoms with Crippen LogP contribution in [-0.4, -0.2) is 41.8 Å². The Bertz CT molecular complexity index is 840. The van der Waals surface area contributed by atoms with E-state index in [-0.39, 0.29) is 29.3 Å². The van der Waals surface area contributed by atoms with Crippen molar-refractivity contribution in [1.29, 1.82) is 0 Å². The van der Waals surface area contributed by atoms with E-state index in [0.29, 0.717) is 5.56 Å². The Kier molecular flexibility index (Phi) is 6.26. The fourth-order valence-corrected chi connectivity index (χ4v) is 2.09. The van der Waals surface area contributed by atoms with Gasteiger partial charge in [0.05, 0.1) is 17.9 Å². The van der Waals surface area contributed by atoms with Crippen molar-refractivity contribution in [3.8, 4) is 0 Å². The maximum Gasteiger partial charge on any atom is 0.355 e. The van der Waals surface area contributed by atoms with Crippen LogP contribution in [0.5, 0.6) is 0 Å². The molecule has 1 heterocycles. The van der Waals surface area contributed by atoms with Gasteiger partial charge in [0, 0.05) is 11.8 Å². The molecule has 0 spiro atoms. The second kappa shape index (κ2) is 8.61. The number of carbonyl (C=O) groups is 4. The largest absolute Gasteiger partial charge is 0.462 e. The van der Waals surface area contributed by atoms with Crippen LogP contribution in [0.3, 0.4) is 0 Å². The molecule has 0 fully saturated rings. The van der Waals surface area contributed by atoms with Crippen LogP contribution < -0.4 is 5.32 Å². The zero-order valence-corrected chi connectivity index (χ0v) is 14.3. The average molecular weight is 358 g/mol. The lowest BCUT2D eigenvalue weighted by Gasteiger charge is -2.10. The molecular weight excluding hydrogens is 340 g/mol. The van der Waals surface area contributed by atoms with Crippen LogP contribution in [0.4, 0.5) is 5.69 Å². The molecule has 0 saturated carbocycles. The highest BCUT2D eigenvalue weighted by Gasteiger charge is 2.16. The van der Waals surface area contributed by atoms with Crippen LogP contribution in [0.2, 0.25) is 0 Å². The van der Waals surface area contributed by atoms with E-state index in [4.69, 9.17) is 9.47 Å². The minimum atomic E-state index is -0.772. The van der Waals surface area contributed by atoms with Gasteiger partial charge in [-0.15, -0.1) is 0 Å². The first-order chi connectivity index (χ1) is 12.4. The summed E-state index contributed by atoms with van der Waals surface area (Å²) in [5.74, 6) is -2.16. The number of rotatable bonds is 7. The number of ether oxygens (including phenoxy) is 2. The third-order valence-electron chi connectivity index (χ3n) is 3.34. The number of esters is 2. The van der Waals surface area contributed by atoms with Crippen molar-refractivity contribution in [2.75, 3.05) is 18.5 Å². The lowest BCUT2D eigenvalue weighted by atomic mass is 10.2. The molecule has 0 bridgehead atoms. The maximum atomic E-state index is 12.0. The van der Waals surface area contributed by atoms with E-state index in [0.717, 1.165) is 0 Å². The lowest BCUT2D eigenvalue weighted by molar-refractivity contribution is -0.119. The quantitative estimate of drug-likeness (QED) is 0.579. The number of hydrogen-bond donors (Lipinski definition) is 2.